The van der Waals surface area contributed by atoms with Crippen molar-refractivity contribution in [1.82, 2.24) is 9.55 Å². The second-order valence-corrected chi connectivity index (χ2v) is 7.19. The summed E-state index contributed by atoms with van der Waals surface area (Å²) in [6, 6.07) is 14.4. The van der Waals surface area contributed by atoms with Crippen molar-refractivity contribution >= 4 is 44.4 Å². The summed E-state index contributed by atoms with van der Waals surface area (Å²) < 4.78 is 2.47. The van der Waals surface area contributed by atoms with E-state index in [9.17, 15) is 9.59 Å². The summed E-state index contributed by atoms with van der Waals surface area (Å²) in [4.78, 5) is 29.6. The van der Waals surface area contributed by atoms with Crippen molar-refractivity contribution in [3.63, 3.8) is 0 Å². The predicted molar refractivity (Wildman–Crippen MR) is 105 cm³/mol. The van der Waals surface area contributed by atoms with E-state index in [-0.39, 0.29) is 17.1 Å². The van der Waals surface area contributed by atoms with E-state index in [1.54, 1.807) is 34.9 Å². The molecule has 0 fully saturated rings. The third kappa shape index (κ3) is 3.91. The van der Waals surface area contributed by atoms with Crippen LogP contribution in [0.4, 0.5) is 0 Å². The third-order valence-corrected chi connectivity index (χ3v) is 5.14. The quantitative estimate of drug-likeness (QED) is 0.261. The normalized spacial score (nSPS) is 10.8. The zero-order chi connectivity index (χ0) is 17.8. The first kappa shape index (κ1) is 17.6. The van der Waals surface area contributed by atoms with Crippen LogP contribution in [0.5, 0.6) is 0 Å². The van der Waals surface area contributed by atoms with Gasteiger partial charge in [0.2, 0.25) is 0 Å². The minimum atomic E-state index is -0.121. The SMILES string of the molecule is C=CCn1c(SCC(=O)c2ccc(Br)cc2)nc2ccccc2c1=O. The van der Waals surface area contributed by atoms with E-state index < -0.39 is 0 Å². The third-order valence-electron chi connectivity index (χ3n) is 3.64. The summed E-state index contributed by atoms with van der Waals surface area (Å²) >= 11 is 4.62. The largest absolute Gasteiger partial charge is 0.293 e. The van der Waals surface area contributed by atoms with Crippen molar-refractivity contribution in [2.75, 3.05) is 5.75 Å². The second kappa shape index (κ2) is 7.80. The summed E-state index contributed by atoms with van der Waals surface area (Å²) in [6.07, 6.45) is 1.65. The van der Waals surface area contributed by atoms with Crippen LogP contribution < -0.4 is 5.56 Å². The van der Waals surface area contributed by atoms with Gasteiger partial charge in [0.05, 0.1) is 16.7 Å². The van der Waals surface area contributed by atoms with Gasteiger partial charge in [-0.3, -0.25) is 14.2 Å². The number of benzene rings is 2. The summed E-state index contributed by atoms with van der Waals surface area (Å²) in [6.45, 7) is 4.05. The van der Waals surface area contributed by atoms with E-state index in [1.165, 1.54) is 11.8 Å². The zero-order valence-electron chi connectivity index (χ0n) is 13.3. The van der Waals surface area contributed by atoms with E-state index in [0.717, 1.165) is 4.47 Å². The molecule has 0 saturated heterocycles. The number of carbonyl (C=O) groups excluding carboxylic acids is 1. The Hall–Kier alpha value is -2.18. The number of allylic oxidation sites excluding steroid dienone is 1. The first-order valence-electron chi connectivity index (χ1n) is 7.62. The van der Waals surface area contributed by atoms with Gasteiger partial charge in [-0.2, -0.15) is 0 Å². The van der Waals surface area contributed by atoms with Gasteiger partial charge in [-0.15, -0.1) is 6.58 Å². The molecule has 2 aromatic carbocycles. The highest BCUT2D eigenvalue weighted by molar-refractivity contribution is 9.10. The van der Waals surface area contributed by atoms with Gasteiger partial charge in [0.15, 0.2) is 10.9 Å². The maximum Gasteiger partial charge on any atom is 0.262 e. The molecular weight excluding hydrogens is 400 g/mol. The van der Waals surface area contributed by atoms with Crippen LogP contribution >= 0.6 is 27.7 Å². The van der Waals surface area contributed by atoms with Gasteiger partial charge in [-0.05, 0) is 24.3 Å². The van der Waals surface area contributed by atoms with Crippen molar-refractivity contribution in [2.45, 2.75) is 11.7 Å². The molecule has 3 aromatic rings. The summed E-state index contributed by atoms with van der Waals surface area (Å²) in [5, 5.41) is 1.09. The summed E-state index contributed by atoms with van der Waals surface area (Å²) in [5.74, 6) is 0.203. The molecule has 4 nitrogen and oxygen atoms in total. The first-order chi connectivity index (χ1) is 12.1. The highest BCUT2D eigenvalue weighted by Crippen LogP contribution is 2.20. The Morgan fingerprint density at radius 1 is 1.20 bits per heavy atom. The van der Waals surface area contributed by atoms with Gasteiger partial charge in [-0.1, -0.05) is 58.0 Å². The molecule has 1 aromatic heterocycles. The molecule has 1 heterocycles. The number of para-hydroxylation sites is 1. The van der Waals surface area contributed by atoms with Crippen molar-refractivity contribution < 1.29 is 4.79 Å². The Bertz CT molecular complexity index is 996. The number of hydrogen-bond acceptors (Lipinski definition) is 4. The van der Waals surface area contributed by atoms with Crippen LogP contribution in [0.15, 0.2) is 75.6 Å². The number of halogens is 1. The Morgan fingerprint density at radius 2 is 1.92 bits per heavy atom. The number of ketones is 1. The van der Waals surface area contributed by atoms with Gasteiger partial charge in [0.25, 0.3) is 5.56 Å². The van der Waals surface area contributed by atoms with Gasteiger partial charge in [0, 0.05) is 16.6 Å². The Balaban J connectivity index is 1.91. The summed E-state index contributed by atoms with van der Waals surface area (Å²) in [7, 11) is 0. The molecule has 25 heavy (non-hydrogen) atoms. The van der Waals surface area contributed by atoms with E-state index in [1.807, 2.05) is 24.3 Å². The van der Waals surface area contributed by atoms with Crippen LogP contribution in [0.25, 0.3) is 10.9 Å². The number of carbonyl (C=O) groups is 1. The van der Waals surface area contributed by atoms with Crippen molar-refractivity contribution in [2.24, 2.45) is 0 Å². The van der Waals surface area contributed by atoms with Crippen molar-refractivity contribution in [3.05, 3.63) is 81.6 Å². The first-order valence-corrected chi connectivity index (χ1v) is 9.40. The molecule has 0 aliphatic carbocycles. The fourth-order valence-electron chi connectivity index (χ4n) is 2.40. The fraction of sp³-hybridized carbons (Fsp3) is 0.105. The molecule has 0 spiro atoms. The molecule has 0 aliphatic rings. The minimum Gasteiger partial charge on any atom is -0.293 e. The van der Waals surface area contributed by atoms with Crippen LogP contribution in [-0.2, 0) is 6.54 Å². The number of nitrogens with zero attached hydrogens (tertiary/aromatic N) is 2. The number of thioether (sulfide) groups is 1. The molecule has 0 saturated carbocycles. The highest BCUT2D eigenvalue weighted by atomic mass is 79.9. The molecule has 6 heteroatoms. The maximum atomic E-state index is 12.7. The van der Waals surface area contributed by atoms with Crippen LogP contribution in [0.1, 0.15) is 10.4 Å². The van der Waals surface area contributed by atoms with Crippen molar-refractivity contribution in [1.29, 1.82) is 0 Å². The number of Topliss-reactive ketones (excluding diaryl/α,β-unsaturated/α-hetero) is 1. The number of aromatic nitrogens is 2. The number of hydrogen-bond donors (Lipinski definition) is 0. The van der Waals surface area contributed by atoms with Gasteiger partial charge < -0.3 is 0 Å². The average molecular weight is 415 g/mol. The van der Waals surface area contributed by atoms with E-state index in [2.05, 4.69) is 27.5 Å². The van der Waals surface area contributed by atoms with Crippen LogP contribution in [0.2, 0.25) is 0 Å². The summed E-state index contributed by atoms with van der Waals surface area (Å²) in [5.41, 5.74) is 1.14. The molecule has 0 N–H and O–H groups in total. The Kier molecular flexibility index (Phi) is 5.50. The topological polar surface area (TPSA) is 52.0 Å². The number of fused-ring (bicyclic) bond motifs is 1. The fourth-order valence-corrected chi connectivity index (χ4v) is 3.56. The molecular formula is C19H15BrN2O2S. The molecule has 126 valence electrons. The van der Waals surface area contributed by atoms with Gasteiger partial charge in [-0.25, -0.2) is 4.98 Å². The van der Waals surface area contributed by atoms with Crippen LogP contribution in [0.3, 0.4) is 0 Å². The van der Waals surface area contributed by atoms with Crippen LogP contribution in [-0.4, -0.2) is 21.1 Å². The lowest BCUT2D eigenvalue weighted by Crippen LogP contribution is -2.23. The smallest absolute Gasteiger partial charge is 0.262 e. The molecule has 0 amide bonds. The lowest BCUT2D eigenvalue weighted by atomic mass is 10.2. The Morgan fingerprint density at radius 3 is 2.64 bits per heavy atom. The maximum absolute atomic E-state index is 12.7. The molecule has 0 unspecified atom stereocenters. The minimum absolute atomic E-state index is 0.00920. The lowest BCUT2D eigenvalue weighted by molar-refractivity contribution is 0.102. The molecule has 3 rings (SSSR count). The average Bonchev–Trinajstić information content (AvgIpc) is 2.63. The highest BCUT2D eigenvalue weighted by Gasteiger charge is 2.13. The molecule has 0 radical (unpaired) electrons. The van der Waals surface area contributed by atoms with Gasteiger partial charge >= 0.3 is 0 Å². The Labute approximate surface area is 157 Å². The van der Waals surface area contributed by atoms with Crippen LogP contribution in [0, 0.1) is 0 Å². The molecule has 0 atom stereocenters. The standard InChI is InChI=1S/C19H15BrN2O2S/c1-2-11-22-18(24)15-5-3-4-6-16(15)21-19(22)25-12-17(23)13-7-9-14(20)10-8-13/h2-10H,1,11-12H2. The number of rotatable bonds is 6. The second-order valence-electron chi connectivity index (χ2n) is 5.33. The van der Waals surface area contributed by atoms with Gasteiger partial charge in [0.1, 0.15) is 0 Å². The van der Waals surface area contributed by atoms with E-state index in [4.69, 9.17) is 0 Å². The van der Waals surface area contributed by atoms with E-state index >= 15 is 0 Å². The zero-order valence-corrected chi connectivity index (χ0v) is 15.7. The van der Waals surface area contributed by atoms with Crippen molar-refractivity contribution in [3.8, 4) is 0 Å². The molecule has 0 aliphatic heterocycles. The predicted octanol–water partition coefficient (Wildman–Crippen LogP) is 4.32. The monoisotopic (exact) mass is 414 g/mol. The van der Waals surface area contributed by atoms with E-state index in [0.29, 0.717) is 28.2 Å². The lowest BCUT2D eigenvalue weighted by Gasteiger charge is -2.11. The molecule has 0 bridgehead atoms.